The lowest BCUT2D eigenvalue weighted by Crippen LogP contribution is -1.93. The molecule has 0 aliphatic heterocycles. The van der Waals surface area contributed by atoms with E-state index >= 15 is 0 Å². The molecule has 1 nitrogen and oxygen atoms in total. The summed E-state index contributed by atoms with van der Waals surface area (Å²) in [5.41, 5.74) is 2.52. The van der Waals surface area contributed by atoms with E-state index in [4.69, 9.17) is 16.3 Å². The smallest absolute Gasteiger partial charge is 0.122 e. The molecule has 0 spiro atoms. The van der Waals surface area contributed by atoms with Crippen LogP contribution in [-0.4, -0.2) is 13.0 Å². The second-order valence-corrected chi connectivity index (χ2v) is 3.49. The Hall–Kier alpha value is -0.690. The van der Waals surface area contributed by atoms with E-state index in [0.29, 0.717) is 5.88 Å². The highest BCUT2D eigenvalue weighted by Gasteiger charge is 2.01. The number of benzene rings is 1. The molecule has 72 valence electrons. The molecular formula is C11H15ClO. The van der Waals surface area contributed by atoms with Crippen molar-refractivity contribution in [1.82, 2.24) is 0 Å². The Morgan fingerprint density at radius 2 is 2.15 bits per heavy atom. The quantitative estimate of drug-likeness (QED) is 0.676. The van der Waals surface area contributed by atoms with E-state index in [-0.39, 0.29) is 0 Å². The standard InChI is InChI=1S/C11H15ClO/c1-9-5-6-11(13-2)10(8-9)4-3-7-12/h5-6,8H,3-4,7H2,1-2H3. The van der Waals surface area contributed by atoms with Crippen molar-refractivity contribution < 1.29 is 4.74 Å². The third kappa shape index (κ3) is 2.92. The zero-order chi connectivity index (χ0) is 9.68. The van der Waals surface area contributed by atoms with Crippen molar-refractivity contribution in [3.8, 4) is 5.75 Å². The lowest BCUT2D eigenvalue weighted by Gasteiger charge is -2.08. The van der Waals surface area contributed by atoms with E-state index in [1.165, 1.54) is 11.1 Å². The van der Waals surface area contributed by atoms with E-state index in [1.54, 1.807) is 7.11 Å². The van der Waals surface area contributed by atoms with Crippen LogP contribution in [0.25, 0.3) is 0 Å². The molecule has 0 N–H and O–H groups in total. The average Bonchev–Trinajstić information content (AvgIpc) is 2.15. The summed E-state index contributed by atoms with van der Waals surface area (Å²) < 4.78 is 5.25. The normalized spacial score (nSPS) is 10.1. The van der Waals surface area contributed by atoms with Gasteiger partial charge in [0.1, 0.15) is 5.75 Å². The summed E-state index contributed by atoms with van der Waals surface area (Å²) in [6.07, 6.45) is 2.00. The van der Waals surface area contributed by atoms with Gasteiger partial charge < -0.3 is 4.74 Å². The molecule has 0 aromatic heterocycles. The van der Waals surface area contributed by atoms with E-state index in [9.17, 15) is 0 Å². The first-order valence-corrected chi connectivity index (χ1v) is 5.01. The molecule has 0 heterocycles. The fraction of sp³-hybridized carbons (Fsp3) is 0.455. The molecule has 0 saturated heterocycles. The van der Waals surface area contributed by atoms with Gasteiger partial charge in [0, 0.05) is 5.88 Å². The fourth-order valence-corrected chi connectivity index (χ4v) is 1.49. The van der Waals surface area contributed by atoms with Crippen LogP contribution in [0.4, 0.5) is 0 Å². The molecule has 0 aliphatic carbocycles. The van der Waals surface area contributed by atoms with Gasteiger partial charge in [0.05, 0.1) is 7.11 Å². The zero-order valence-electron chi connectivity index (χ0n) is 8.14. The monoisotopic (exact) mass is 198 g/mol. The molecule has 2 heteroatoms. The number of methoxy groups -OCH3 is 1. The van der Waals surface area contributed by atoms with Gasteiger partial charge in [0.25, 0.3) is 0 Å². The predicted molar refractivity (Wildman–Crippen MR) is 56.8 cm³/mol. The highest BCUT2D eigenvalue weighted by atomic mass is 35.5. The zero-order valence-corrected chi connectivity index (χ0v) is 8.90. The molecular weight excluding hydrogens is 184 g/mol. The van der Waals surface area contributed by atoms with Gasteiger partial charge in [-0.05, 0) is 31.4 Å². The Morgan fingerprint density at radius 1 is 1.38 bits per heavy atom. The van der Waals surface area contributed by atoms with Crippen molar-refractivity contribution in [3.63, 3.8) is 0 Å². The molecule has 0 amide bonds. The van der Waals surface area contributed by atoms with E-state index < -0.39 is 0 Å². The lowest BCUT2D eigenvalue weighted by atomic mass is 10.1. The van der Waals surface area contributed by atoms with Crippen molar-refractivity contribution in [2.75, 3.05) is 13.0 Å². The van der Waals surface area contributed by atoms with Crippen molar-refractivity contribution in [1.29, 1.82) is 0 Å². The van der Waals surface area contributed by atoms with Crippen LogP contribution in [0.5, 0.6) is 5.75 Å². The summed E-state index contributed by atoms with van der Waals surface area (Å²) >= 11 is 5.65. The minimum atomic E-state index is 0.705. The second kappa shape index (κ2) is 5.13. The maximum atomic E-state index is 5.65. The van der Waals surface area contributed by atoms with Crippen LogP contribution in [0.2, 0.25) is 0 Å². The topological polar surface area (TPSA) is 9.23 Å². The molecule has 0 radical (unpaired) electrons. The third-order valence-corrected chi connectivity index (χ3v) is 2.28. The average molecular weight is 199 g/mol. The minimum Gasteiger partial charge on any atom is -0.496 e. The van der Waals surface area contributed by atoms with Crippen molar-refractivity contribution in [3.05, 3.63) is 29.3 Å². The largest absolute Gasteiger partial charge is 0.496 e. The number of alkyl halides is 1. The molecule has 0 fully saturated rings. The summed E-state index contributed by atoms with van der Waals surface area (Å²) in [7, 11) is 1.70. The number of halogens is 1. The van der Waals surface area contributed by atoms with Crippen molar-refractivity contribution >= 4 is 11.6 Å². The maximum Gasteiger partial charge on any atom is 0.122 e. The lowest BCUT2D eigenvalue weighted by molar-refractivity contribution is 0.409. The highest BCUT2D eigenvalue weighted by Crippen LogP contribution is 2.21. The van der Waals surface area contributed by atoms with Crippen LogP contribution in [0.3, 0.4) is 0 Å². The summed E-state index contributed by atoms with van der Waals surface area (Å²) in [5.74, 6) is 1.67. The Balaban J connectivity index is 2.81. The minimum absolute atomic E-state index is 0.705. The van der Waals surface area contributed by atoms with Gasteiger partial charge in [-0.1, -0.05) is 17.7 Å². The van der Waals surface area contributed by atoms with Gasteiger partial charge in [0.15, 0.2) is 0 Å². The predicted octanol–water partition coefficient (Wildman–Crippen LogP) is 3.18. The van der Waals surface area contributed by atoms with E-state index in [2.05, 4.69) is 19.1 Å². The SMILES string of the molecule is COc1ccc(C)cc1CCCCl. The van der Waals surface area contributed by atoms with Gasteiger partial charge in [-0.25, -0.2) is 0 Å². The Bertz CT molecular complexity index is 271. The Labute approximate surface area is 84.7 Å². The number of hydrogen-bond donors (Lipinski definition) is 0. The van der Waals surface area contributed by atoms with Crippen molar-refractivity contribution in [2.45, 2.75) is 19.8 Å². The van der Waals surface area contributed by atoms with Gasteiger partial charge in [-0.3, -0.25) is 0 Å². The van der Waals surface area contributed by atoms with Crippen LogP contribution in [0, 0.1) is 6.92 Å². The molecule has 0 unspecified atom stereocenters. The summed E-state index contributed by atoms with van der Waals surface area (Å²) in [6.45, 7) is 2.09. The molecule has 13 heavy (non-hydrogen) atoms. The van der Waals surface area contributed by atoms with Crippen LogP contribution in [-0.2, 0) is 6.42 Å². The molecule has 1 rings (SSSR count). The molecule has 0 bridgehead atoms. The van der Waals surface area contributed by atoms with E-state index in [1.807, 2.05) is 6.07 Å². The van der Waals surface area contributed by atoms with Gasteiger partial charge in [-0.2, -0.15) is 0 Å². The molecule has 0 aliphatic rings. The highest BCUT2D eigenvalue weighted by molar-refractivity contribution is 6.17. The Kier molecular flexibility index (Phi) is 4.10. The van der Waals surface area contributed by atoms with Crippen LogP contribution in [0.15, 0.2) is 18.2 Å². The number of aryl methyl sites for hydroxylation is 2. The molecule has 1 aromatic carbocycles. The first kappa shape index (κ1) is 10.4. The van der Waals surface area contributed by atoms with Gasteiger partial charge in [-0.15, -0.1) is 11.6 Å². The third-order valence-electron chi connectivity index (χ3n) is 2.02. The van der Waals surface area contributed by atoms with Gasteiger partial charge in [0.2, 0.25) is 0 Å². The van der Waals surface area contributed by atoms with Crippen LogP contribution < -0.4 is 4.74 Å². The number of hydrogen-bond acceptors (Lipinski definition) is 1. The first-order chi connectivity index (χ1) is 6.27. The van der Waals surface area contributed by atoms with E-state index in [0.717, 1.165) is 18.6 Å². The van der Waals surface area contributed by atoms with Crippen molar-refractivity contribution in [2.24, 2.45) is 0 Å². The van der Waals surface area contributed by atoms with Crippen LogP contribution >= 0.6 is 11.6 Å². The first-order valence-electron chi connectivity index (χ1n) is 4.47. The number of ether oxygens (including phenoxy) is 1. The second-order valence-electron chi connectivity index (χ2n) is 3.11. The summed E-state index contributed by atoms with van der Waals surface area (Å²) in [5, 5.41) is 0. The molecule has 1 aromatic rings. The maximum absolute atomic E-state index is 5.65. The van der Waals surface area contributed by atoms with Gasteiger partial charge >= 0.3 is 0 Å². The fourth-order valence-electron chi connectivity index (χ4n) is 1.36. The number of rotatable bonds is 4. The summed E-state index contributed by atoms with van der Waals surface area (Å²) in [4.78, 5) is 0. The molecule has 0 atom stereocenters. The molecule has 0 saturated carbocycles. The Morgan fingerprint density at radius 3 is 2.77 bits per heavy atom. The van der Waals surface area contributed by atoms with Crippen LogP contribution in [0.1, 0.15) is 17.5 Å². The summed E-state index contributed by atoms with van der Waals surface area (Å²) in [6, 6.07) is 6.23.